The Bertz CT molecular complexity index is 553. The van der Waals surface area contributed by atoms with Crippen molar-refractivity contribution in [3.8, 4) is 0 Å². The summed E-state index contributed by atoms with van der Waals surface area (Å²) in [5.41, 5.74) is 1.33. The van der Waals surface area contributed by atoms with Crippen LogP contribution in [0.5, 0.6) is 0 Å². The first-order chi connectivity index (χ1) is 11.6. The van der Waals surface area contributed by atoms with Gasteiger partial charge in [-0.2, -0.15) is 0 Å². The highest BCUT2D eigenvalue weighted by Gasteiger charge is 2.26. The molecule has 2 N–H and O–H groups in total. The van der Waals surface area contributed by atoms with Crippen LogP contribution in [0.4, 0.5) is 0 Å². The monoisotopic (exact) mass is 477 g/mol. The lowest BCUT2D eigenvalue weighted by Crippen LogP contribution is -2.47. The number of halogens is 1. The van der Waals surface area contributed by atoms with Gasteiger partial charge in [0.1, 0.15) is 0 Å². The predicted molar refractivity (Wildman–Crippen MR) is 119 cm³/mol. The summed E-state index contributed by atoms with van der Waals surface area (Å²) in [7, 11) is 1.13. The van der Waals surface area contributed by atoms with E-state index in [1.54, 1.807) is 0 Å². The molecule has 4 atom stereocenters. The fourth-order valence-corrected chi connectivity index (χ4v) is 4.64. The first-order valence-corrected chi connectivity index (χ1v) is 10.4. The molecular weight excluding hydrogens is 445 g/mol. The molecule has 142 valence electrons. The van der Waals surface area contributed by atoms with Gasteiger partial charge < -0.3 is 10.6 Å². The van der Waals surface area contributed by atoms with Crippen LogP contribution in [0, 0.1) is 0 Å². The Labute approximate surface area is 172 Å². The van der Waals surface area contributed by atoms with Crippen molar-refractivity contribution >= 4 is 40.7 Å². The maximum Gasteiger partial charge on any atom is 0.191 e. The summed E-state index contributed by atoms with van der Waals surface area (Å²) in [6.07, 6.45) is 4.35. The molecule has 0 bridgehead atoms. The summed E-state index contributed by atoms with van der Waals surface area (Å²) in [4.78, 5) is 4.36. The SMILES string of the molecule is CCS(=O)C1CCCC(NC(=NC)NCC(C)c2ccccc2)C1.I. The van der Waals surface area contributed by atoms with Crippen LogP contribution in [0.1, 0.15) is 51.0 Å². The van der Waals surface area contributed by atoms with Gasteiger partial charge in [0.25, 0.3) is 0 Å². The average molecular weight is 477 g/mol. The molecule has 0 aliphatic heterocycles. The number of nitrogens with one attached hydrogen (secondary N) is 2. The van der Waals surface area contributed by atoms with Gasteiger partial charge >= 0.3 is 0 Å². The molecule has 1 aliphatic carbocycles. The normalized spacial score (nSPS) is 23.2. The summed E-state index contributed by atoms with van der Waals surface area (Å²) in [6, 6.07) is 10.9. The van der Waals surface area contributed by atoms with E-state index >= 15 is 0 Å². The third-order valence-corrected chi connectivity index (χ3v) is 6.53. The number of rotatable bonds is 6. The second kappa shape index (κ2) is 11.9. The lowest BCUT2D eigenvalue weighted by molar-refractivity contribution is 0.413. The molecule has 1 aliphatic rings. The first kappa shape index (κ1) is 22.4. The third kappa shape index (κ3) is 7.25. The van der Waals surface area contributed by atoms with E-state index in [4.69, 9.17) is 0 Å². The molecule has 25 heavy (non-hydrogen) atoms. The Morgan fingerprint density at radius 1 is 1.32 bits per heavy atom. The zero-order valence-electron chi connectivity index (χ0n) is 15.5. The summed E-state index contributed by atoms with van der Waals surface area (Å²) in [6.45, 7) is 5.08. The van der Waals surface area contributed by atoms with Crippen LogP contribution in [-0.4, -0.2) is 40.8 Å². The van der Waals surface area contributed by atoms with Crippen LogP contribution in [0.15, 0.2) is 35.3 Å². The highest BCUT2D eigenvalue weighted by molar-refractivity contribution is 14.0. The van der Waals surface area contributed by atoms with Crippen LogP contribution in [0.25, 0.3) is 0 Å². The van der Waals surface area contributed by atoms with E-state index in [0.29, 0.717) is 17.2 Å². The minimum Gasteiger partial charge on any atom is -0.356 e. The van der Waals surface area contributed by atoms with E-state index in [-0.39, 0.29) is 24.0 Å². The molecule has 1 saturated carbocycles. The minimum absolute atomic E-state index is 0. The number of hydrogen-bond acceptors (Lipinski definition) is 2. The van der Waals surface area contributed by atoms with Crippen molar-refractivity contribution in [1.29, 1.82) is 0 Å². The van der Waals surface area contributed by atoms with Crippen molar-refractivity contribution in [3.05, 3.63) is 35.9 Å². The summed E-state index contributed by atoms with van der Waals surface area (Å²) in [5, 5.41) is 7.30. The molecule has 0 aromatic heterocycles. The molecule has 1 fully saturated rings. The summed E-state index contributed by atoms with van der Waals surface area (Å²) < 4.78 is 12.1. The van der Waals surface area contributed by atoms with Crippen molar-refractivity contribution in [3.63, 3.8) is 0 Å². The number of hydrogen-bond donors (Lipinski definition) is 2. The lowest BCUT2D eigenvalue weighted by Gasteiger charge is -2.30. The summed E-state index contributed by atoms with van der Waals surface area (Å²) in [5.74, 6) is 2.04. The second-order valence-corrected chi connectivity index (χ2v) is 8.57. The Hall–Kier alpha value is -0.630. The maximum atomic E-state index is 12.1. The van der Waals surface area contributed by atoms with Crippen molar-refractivity contribution in [2.45, 2.75) is 56.7 Å². The molecule has 2 rings (SSSR count). The van der Waals surface area contributed by atoms with Gasteiger partial charge in [-0.05, 0) is 30.7 Å². The Morgan fingerprint density at radius 3 is 2.68 bits per heavy atom. The number of benzene rings is 1. The second-order valence-electron chi connectivity index (χ2n) is 6.56. The number of aliphatic imine (C=N–C) groups is 1. The number of nitrogens with zero attached hydrogens (tertiary/aromatic N) is 1. The smallest absolute Gasteiger partial charge is 0.191 e. The van der Waals surface area contributed by atoms with E-state index in [1.807, 2.05) is 20.0 Å². The minimum atomic E-state index is -0.687. The highest BCUT2D eigenvalue weighted by Crippen LogP contribution is 2.23. The molecular formula is C19H32IN3OS. The van der Waals surface area contributed by atoms with E-state index in [2.05, 4.69) is 46.8 Å². The molecule has 0 radical (unpaired) electrons. The Kier molecular flexibility index (Phi) is 10.7. The number of guanidine groups is 1. The zero-order valence-corrected chi connectivity index (χ0v) is 18.7. The van der Waals surface area contributed by atoms with Crippen molar-refractivity contribution in [2.75, 3.05) is 19.3 Å². The molecule has 0 saturated heterocycles. The average Bonchev–Trinajstić information content (AvgIpc) is 2.65. The molecule has 0 heterocycles. The largest absolute Gasteiger partial charge is 0.356 e. The van der Waals surface area contributed by atoms with E-state index in [9.17, 15) is 4.21 Å². The predicted octanol–water partition coefficient (Wildman–Crippen LogP) is 3.65. The van der Waals surface area contributed by atoms with E-state index in [1.165, 1.54) is 5.56 Å². The van der Waals surface area contributed by atoms with Crippen LogP contribution in [0.3, 0.4) is 0 Å². The van der Waals surface area contributed by atoms with Gasteiger partial charge in [-0.1, -0.05) is 50.6 Å². The van der Waals surface area contributed by atoms with Gasteiger partial charge in [0.15, 0.2) is 5.96 Å². The van der Waals surface area contributed by atoms with Crippen molar-refractivity contribution < 1.29 is 4.21 Å². The van der Waals surface area contributed by atoms with Crippen molar-refractivity contribution in [2.24, 2.45) is 4.99 Å². The first-order valence-electron chi connectivity index (χ1n) is 9.03. The van der Waals surface area contributed by atoms with Crippen molar-refractivity contribution in [1.82, 2.24) is 10.6 Å². The zero-order chi connectivity index (χ0) is 17.4. The highest BCUT2D eigenvalue weighted by atomic mass is 127. The lowest BCUT2D eigenvalue weighted by atomic mass is 9.95. The molecule has 0 amide bonds. The van der Waals surface area contributed by atoms with Gasteiger partial charge in [-0.3, -0.25) is 9.20 Å². The van der Waals surface area contributed by atoms with Gasteiger partial charge in [0.05, 0.1) is 0 Å². The van der Waals surface area contributed by atoms with Crippen LogP contribution in [-0.2, 0) is 10.8 Å². The summed E-state index contributed by atoms with van der Waals surface area (Å²) >= 11 is 0. The van der Waals surface area contributed by atoms with E-state index in [0.717, 1.165) is 43.9 Å². The maximum absolute atomic E-state index is 12.1. The standard InChI is InChI=1S/C19H31N3OS.HI/c1-4-24(23)18-12-8-11-17(13-18)22-19(20-3)21-14-15(2)16-9-6-5-7-10-16;/h5-7,9-10,15,17-18H,4,8,11-14H2,1-3H3,(H2,20,21,22);1H. The van der Waals surface area contributed by atoms with Crippen LogP contribution < -0.4 is 10.6 Å². The van der Waals surface area contributed by atoms with Crippen LogP contribution >= 0.6 is 24.0 Å². The molecule has 4 nitrogen and oxygen atoms in total. The molecule has 0 spiro atoms. The molecule has 4 unspecified atom stereocenters. The third-order valence-electron chi connectivity index (χ3n) is 4.79. The topological polar surface area (TPSA) is 53.5 Å². The fraction of sp³-hybridized carbons (Fsp3) is 0.632. The van der Waals surface area contributed by atoms with Gasteiger partial charge in [-0.25, -0.2) is 0 Å². The molecule has 1 aromatic rings. The molecule has 1 aromatic carbocycles. The van der Waals surface area contributed by atoms with Gasteiger partial charge in [-0.15, -0.1) is 24.0 Å². The Morgan fingerprint density at radius 2 is 2.04 bits per heavy atom. The van der Waals surface area contributed by atoms with Gasteiger partial charge in [0.2, 0.25) is 0 Å². The van der Waals surface area contributed by atoms with Gasteiger partial charge in [0, 0.05) is 41.4 Å². The quantitative estimate of drug-likeness (QED) is 0.374. The van der Waals surface area contributed by atoms with Crippen LogP contribution in [0.2, 0.25) is 0 Å². The van der Waals surface area contributed by atoms with E-state index < -0.39 is 10.8 Å². The Balaban J connectivity index is 0.00000312. The fourth-order valence-electron chi connectivity index (χ4n) is 3.29. The molecule has 6 heteroatoms.